The van der Waals surface area contributed by atoms with Gasteiger partial charge in [0.25, 0.3) is 0 Å². The van der Waals surface area contributed by atoms with E-state index < -0.39 is 20.1 Å². The van der Waals surface area contributed by atoms with Gasteiger partial charge < -0.3 is 4.43 Å². The number of benzene rings is 1. The van der Waals surface area contributed by atoms with Crippen LogP contribution < -0.4 is 5.19 Å². The summed E-state index contributed by atoms with van der Waals surface area (Å²) in [6, 6.07) is 9.47. The zero-order valence-electron chi connectivity index (χ0n) is 26.3. The molecule has 9 atom stereocenters. The molecule has 0 aromatic heterocycles. The molecule has 6 heteroatoms. The third kappa shape index (κ3) is 5.63. The number of hydrogen-bond acceptors (Lipinski definition) is 2. The first-order valence-corrected chi connectivity index (χ1v) is 19.4. The summed E-state index contributed by atoms with van der Waals surface area (Å²) in [6.45, 7) is 12.3. The standard InChI is InChI=1S/C35H53F3O2Si/c1-24(18-23-34(4,35(36,37)38)40-41(5,6)27-10-8-7-9-11-27)29-16-17-30-28-15-13-25-12-14-26(39)19-21-32(25,2)31(28)20-22-33(29,30)3/h7-11,24-25,28-31H,12-23H2,1-6H3/t24-,25-,28+,29-,30+,31+,32+,33-,34-/m1/s1. The molecule has 0 bridgehead atoms. The van der Waals surface area contributed by atoms with Gasteiger partial charge in [0.05, 0.1) is 0 Å². The lowest BCUT2D eigenvalue weighted by molar-refractivity contribution is -0.248. The van der Waals surface area contributed by atoms with Crippen molar-refractivity contribution in [2.75, 3.05) is 0 Å². The Morgan fingerprint density at radius 3 is 2.29 bits per heavy atom. The van der Waals surface area contributed by atoms with Crippen molar-refractivity contribution in [2.24, 2.45) is 46.3 Å². The van der Waals surface area contributed by atoms with Crippen LogP contribution >= 0.6 is 0 Å². The van der Waals surface area contributed by atoms with Crippen LogP contribution in [0.1, 0.15) is 105 Å². The van der Waals surface area contributed by atoms with Crippen LogP contribution in [0.2, 0.25) is 13.1 Å². The third-order valence-electron chi connectivity index (χ3n) is 13.2. The Kier molecular flexibility index (Phi) is 8.46. The summed E-state index contributed by atoms with van der Waals surface area (Å²) in [7, 11) is -2.76. The van der Waals surface area contributed by atoms with Gasteiger partial charge in [-0.2, -0.15) is 13.2 Å². The molecule has 4 aliphatic rings. The first-order valence-electron chi connectivity index (χ1n) is 16.4. The summed E-state index contributed by atoms with van der Waals surface area (Å²) in [5.74, 6) is 3.91. The minimum atomic E-state index is -4.42. The number of carbonyl (C=O) groups excluding carboxylic acids is 1. The van der Waals surface area contributed by atoms with Crippen molar-refractivity contribution in [1.29, 1.82) is 0 Å². The Morgan fingerprint density at radius 2 is 1.61 bits per heavy atom. The molecule has 0 radical (unpaired) electrons. The zero-order valence-corrected chi connectivity index (χ0v) is 27.3. The smallest absolute Gasteiger partial charge is 0.399 e. The van der Waals surface area contributed by atoms with E-state index in [1.165, 1.54) is 39.0 Å². The topological polar surface area (TPSA) is 26.3 Å². The Labute approximate surface area is 247 Å². The predicted octanol–water partition coefficient (Wildman–Crippen LogP) is 9.47. The second-order valence-corrected chi connectivity index (χ2v) is 19.5. The van der Waals surface area contributed by atoms with E-state index in [9.17, 15) is 18.0 Å². The van der Waals surface area contributed by atoms with E-state index >= 15 is 0 Å². The fraction of sp³-hybridized carbons (Fsp3) is 0.800. The number of carbonyl (C=O) groups is 1. The highest BCUT2D eigenvalue weighted by molar-refractivity contribution is 6.84. The minimum absolute atomic E-state index is 0.0119. The lowest BCUT2D eigenvalue weighted by Crippen LogP contribution is -2.57. The molecule has 0 amide bonds. The van der Waals surface area contributed by atoms with E-state index in [0.29, 0.717) is 41.8 Å². The molecule has 2 nitrogen and oxygen atoms in total. The zero-order chi connectivity index (χ0) is 29.8. The van der Waals surface area contributed by atoms with Crippen molar-refractivity contribution in [3.8, 4) is 0 Å². The highest BCUT2D eigenvalue weighted by atomic mass is 28.4. The molecule has 1 aromatic carbocycles. The van der Waals surface area contributed by atoms with Crippen LogP contribution in [0.15, 0.2) is 30.3 Å². The molecule has 5 rings (SSSR count). The van der Waals surface area contributed by atoms with Crippen LogP contribution in [0.4, 0.5) is 13.2 Å². The van der Waals surface area contributed by atoms with Crippen LogP contribution in [0.25, 0.3) is 0 Å². The summed E-state index contributed by atoms with van der Waals surface area (Å²) >= 11 is 0. The Bertz CT molecular complexity index is 1090. The van der Waals surface area contributed by atoms with Crippen molar-refractivity contribution < 1.29 is 22.4 Å². The summed E-state index contributed by atoms with van der Waals surface area (Å²) in [4.78, 5) is 12.3. The van der Waals surface area contributed by atoms with E-state index in [1.807, 2.05) is 43.4 Å². The lowest BCUT2D eigenvalue weighted by atomic mass is 9.46. The molecule has 1 aromatic rings. The molecular weight excluding hydrogens is 537 g/mol. The molecule has 41 heavy (non-hydrogen) atoms. The van der Waals surface area contributed by atoms with Gasteiger partial charge in [-0.25, -0.2) is 0 Å². The van der Waals surface area contributed by atoms with E-state index in [4.69, 9.17) is 4.43 Å². The molecule has 0 aliphatic heterocycles. The van der Waals surface area contributed by atoms with Crippen LogP contribution in [-0.2, 0) is 9.22 Å². The van der Waals surface area contributed by atoms with Gasteiger partial charge in [0, 0.05) is 12.8 Å². The fourth-order valence-corrected chi connectivity index (χ4v) is 13.1. The normalized spacial score (nSPS) is 38.3. The van der Waals surface area contributed by atoms with Gasteiger partial charge in [-0.3, -0.25) is 4.79 Å². The van der Waals surface area contributed by atoms with Gasteiger partial charge in [0.2, 0.25) is 8.32 Å². The van der Waals surface area contributed by atoms with Crippen molar-refractivity contribution in [1.82, 2.24) is 0 Å². The second-order valence-electron chi connectivity index (χ2n) is 15.7. The van der Waals surface area contributed by atoms with Gasteiger partial charge in [0.15, 0.2) is 0 Å². The summed E-state index contributed by atoms with van der Waals surface area (Å²) in [5, 5.41) is 0.896. The largest absolute Gasteiger partial charge is 0.416 e. The summed E-state index contributed by atoms with van der Waals surface area (Å²) in [5.41, 5.74) is -1.66. The fourth-order valence-electron chi connectivity index (χ4n) is 10.7. The lowest BCUT2D eigenvalue weighted by Gasteiger charge is -2.59. The average Bonchev–Trinajstić information content (AvgIpc) is 3.19. The highest BCUT2D eigenvalue weighted by Gasteiger charge is 2.61. The number of ketones is 1. The maximum atomic E-state index is 14.6. The molecule has 0 heterocycles. The first-order chi connectivity index (χ1) is 19.1. The van der Waals surface area contributed by atoms with Crippen LogP contribution in [0, 0.1) is 46.3 Å². The van der Waals surface area contributed by atoms with Gasteiger partial charge in [-0.05, 0) is 136 Å². The van der Waals surface area contributed by atoms with Gasteiger partial charge in [-0.1, -0.05) is 51.1 Å². The van der Waals surface area contributed by atoms with Crippen LogP contribution in [0.5, 0.6) is 0 Å². The molecule has 0 saturated heterocycles. The summed E-state index contributed by atoms with van der Waals surface area (Å²) < 4.78 is 50.0. The quantitative estimate of drug-likeness (QED) is 0.296. The molecule has 4 aliphatic carbocycles. The maximum Gasteiger partial charge on any atom is 0.416 e. The van der Waals surface area contributed by atoms with E-state index in [2.05, 4.69) is 20.8 Å². The SMILES string of the molecule is C[C@H](CC[C@@](C)(O[Si](C)(C)c1ccccc1)C(F)(F)F)[C@H]1CC[C@H]2[C@@H]3CC[C@H]4CCC(=O)CC[C@]4(C)[C@H]3CC[C@]12C. The first kappa shape index (κ1) is 31.3. The Hall–Kier alpha value is -1.14. The monoisotopic (exact) mass is 590 g/mol. The van der Waals surface area contributed by atoms with Crippen LogP contribution in [-0.4, -0.2) is 25.9 Å². The number of Topliss-reactive ketones (excluding diaryl/α,β-unsaturated/α-hetero) is 1. The van der Waals surface area contributed by atoms with Gasteiger partial charge in [0.1, 0.15) is 11.4 Å². The molecule has 0 N–H and O–H groups in total. The molecular formula is C35H53F3O2Si. The Morgan fingerprint density at radius 1 is 0.927 bits per heavy atom. The maximum absolute atomic E-state index is 14.6. The van der Waals surface area contributed by atoms with Crippen LogP contribution in [0.3, 0.4) is 0 Å². The van der Waals surface area contributed by atoms with Gasteiger partial charge >= 0.3 is 6.18 Å². The molecule has 4 saturated carbocycles. The Balaban J connectivity index is 1.29. The second kappa shape index (κ2) is 11.1. The number of hydrogen-bond donors (Lipinski definition) is 0. The van der Waals surface area contributed by atoms with Crippen molar-refractivity contribution in [2.45, 2.75) is 130 Å². The minimum Gasteiger partial charge on any atom is -0.399 e. The molecule has 4 fully saturated rings. The van der Waals surface area contributed by atoms with E-state index in [1.54, 1.807) is 0 Å². The average molecular weight is 591 g/mol. The number of rotatable bonds is 7. The number of alkyl halides is 3. The van der Waals surface area contributed by atoms with Crippen molar-refractivity contribution >= 4 is 19.3 Å². The highest BCUT2D eigenvalue weighted by Crippen LogP contribution is 2.68. The third-order valence-corrected chi connectivity index (χ3v) is 15.9. The van der Waals surface area contributed by atoms with E-state index in [-0.39, 0.29) is 23.2 Å². The number of fused-ring (bicyclic) bond motifs is 5. The molecule has 230 valence electrons. The van der Waals surface area contributed by atoms with Crippen molar-refractivity contribution in [3.63, 3.8) is 0 Å². The van der Waals surface area contributed by atoms with E-state index in [0.717, 1.165) is 37.3 Å². The molecule has 0 spiro atoms. The number of halogens is 3. The van der Waals surface area contributed by atoms with Crippen molar-refractivity contribution in [3.05, 3.63) is 30.3 Å². The molecule has 0 unspecified atom stereocenters. The summed E-state index contributed by atoms with van der Waals surface area (Å²) in [6.07, 6.45) is 7.07. The van der Waals surface area contributed by atoms with Gasteiger partial charge in [-0.15, -0.1) is 0 Å². The predicted molar refractivity (Wildman–Crippen MR) is 162 cm³/mol.